The SMILES string of the molecule is [2H][C@@]12CC[C@H]3[C@@H]4CC[C@H](C(C)=O)[C@@]4(C)CC[C@@H]3[C@@]1(C)CCC(=O)C2. The van der Waals surface area contributed by atoms with E-state index >= 15 is 0 Å². The maximum absolute atomic E-state index is 12.2. The first kappa shape index (κ1) is 14.7. The third kappa shape index (κ3) is 2.12. The van der Waals surface area contributed by atoms with Gasteiger partial charge in [-0.1, -0.05) is 13.8 Å². The van der Waals surface area contributed by atoms with Crippen LogP contribution in [0.15, 0.2) is 0 Å². The van der Waals surface area contributed by atoms with Crippen molar-refractivity contribution in [3.63, 3.8) is 0 Å². The number of hydrogen-bond acceptors (Lipinski definition) is 2. The van der Waals surface area contributed by atoms with E-state index in [9.17, 15) is 9.59 Å². The van der Waals surface area contributed by atoms with E-state index in [1.807, 2.05) is 0 Å². The van der Waals surface area contributed by atoms with Gasteiger partial charge in [-0.25, -0.2) is 0 Å². The molecular weight excluding hydrogens is 284 g/mol. The number of rotatable bonds is 1. The smallest absolute Gasteiger partial charge is 0.133 e. The zero-order valence-electron chi connectivity index (χ0n) is 16.0. The summed E-state index contributed by atoms with van der Waals surface area (Å²) >= 11 is 0. The molecule has 0 aromatic rings. The predicted molar refractivity (Wildman–Crippen MR) is 90.9 cm³/mol. The molecule has 0 amide bonds. The molecule has 0 N–H and O–H groups in total. The van der Waals surface area contributed by atoms with Crippen molar-refractivity contribution in [1.29, 1.82) is 0 Å². The summed E-state index contributed by atoms with van der Waals surface area (Å²) in [4.78, 5) is 24.2. The first-order valence-corrected chi connectivity index (χ1v) is 9.73. The van der Waals surface area contributed by atoms with Crippen LogP contribution in [0.4, 0.5) is 0 Å². The number of carbonyl (C=O) groups is 2. The van der Waals surface area contributed by atoms with Crippen molar-refractivity contribution >= 4 is 11.6 Å². The van der Waals surface area contributed by atoms with E-state index < -0.39 is 5.89 Å². The summed E-state index contributed by atoms with van der Waals surface area (Å²) in [6.45, 7) is 6.49. The van der Waals surface area contributed by atoms with Gasteiger partial charge in [0.25, 0.3) is 0 Å². The van der Waals surface area contributed by atoms with Crippen LogP contribution in [0.1, 0.15) is 79.9 Å². The van der Waals surface area contributed by atoms with E-state index in [-0.39, 0.29) is 16.7 Å². The minimum atomic E-state index is -0.532. The summed E-state index contributed by atoms with van der Waals surface area (Å²) in [5, 5.41) is 0. The third-order valence-electron chi connectivity index (χ3n) is 8.67. The Labute approximate surface area is 142 Å². The van der Waals surface area contributed by atoms with Gasteiger partial charge in [0.2, 0.25) is 0 Å². The Balaban J connectivity index is 1.66. The van der Waals surface area contributed by atoms with Crippen LogP contribution in [-0.4, -0.2) is 11.6 Å². The minimum absolute atomic E-state index is 0.000529. The van der Waals surface area contributed by atoms with E-state index in [0.29, 0.717) is 42.2 Å². The number of fused-ring (bicyclic) bond motifs is 5. The third-order valence-corrected chi connectivity index (χ3v) is 8.67. The Bertz CT molecular complexity index is 586. The monoisotopic (exact) mass is 317 g/mol. The lowest BCUT2D eigenvalue weighted by molar-refractivity contribution is -0.143. The second kappa shape index (κ2) is 5.17. The molecule has 0 heterocycles. The van der Waals surface area contributed by atoms with Crippen molar-refractivity contribution in [3.05, 3.63) is 0 Å². The van der Waals surface area contributed by atoms with E-state index in [1.165, 1.54) is 6.42 Å². The maximum atomic E-state index is 12.2. The molecule has 0 saturated heterocycles. The van der Waals surface area contributed by atoms with E-state index in [0.717, 1.165) is 38.5 Å². The van der Waals surface area contributed by atoms with Gasteiger partial charge in [-0.3, -0.25) is 9.59 Å². The first-order valence-electron chi connectivity index (χ1n) is 10.2. The topological polar surface area (TPSA) is 34.1 Å². The van der Waals surface area contributed by atoms with Gasteiger partial charge in [-0.15, -0.1) is 0 Å². The molecule has 128 valence electrons. The normalized spacial score (nSPS) is 56.3. The van der Waals surface area contributed by atoms with Crippen molar-refractivity contribution < 1.29 is 11.0 Å². The Kier molecular flexibility index (Phi) is 3.29. The fourth-order valence-corrected chi connectivity index (χ4v) is 7.42. The van der Waals surface area contributed by atoms with Crippen LogP contribution >= 0.6 is 0 Å². The molecule has 4 fully saturated rings. The number of ketones is 2. The molecular formula is C21H32O2. The van der Waals surface area contributed by atoms with Crippen LogP contribution < -0.4 is 0 Å². The van der Waals surface area contributed by atoms with E-state index in [1.54, 1.807) is 6.92 Å². The van der Waals surface area contributed by atoms with Crippen LogP contribution in [0.2, 0.25) is 0 Å². The molecule has 4 aliphatic carbocycles. The van der Waals surface area contributed by atoms with E-state index in [2.05, 4.69) is 13.8 Å². The Morgan fingerprint density at radius 3 is 2.52 bits per heavy atom. The highest BCUT2D eigenvalue weighted by molar-refractivity contribution is 5.80. The molecule has 0 aromatic carbocycles. The van der Waals surface area contributed by atoms with Crippen molar-refractivity contribution in [2.24, 2.45) is 40.4 Å². The average molecular weight is 317 g/mol. The minimum Gasteiger partial charge on any atom is -0.300 e. The van der Waals surface area contributed by atoms with Crippen LogP contribution in [-0.2, 0) is 9.59 Å². The predicted octanol–water partition coefficient (Wildman–Crippen LogP) is 4.80. The van der Waals surface area contributed by atoms with Crippen LogP contribution in [0, 0.1) is 40.4 Å². The van der Waals surface area contributed by atoms with Crippen LogP contribution in [0.3, 0.4) is 0 Å². The first-order chi connectivity index (χ1) is 11.2. The van der Waals surface area contributed by atoms with Gasteiger partial charge in [0, 0.05) is 20.1 Å². The summed E-state index contributed by atoms with van der Waals surface area (Å²) in [5.74, 6) is 2.33. The molecule has 7 atom stereocenters. The molecule has 0 radical (unpaired) electrons. The van der Waals surface area contributed by atoms with Crippen molar-refractivity contribution in [2.45, 2.75) is 78.6 Å². The molecule has 4 aliphatic rings. The standard InChI is InChI=1S/C21H32O2/c1-13(22)17-6-7-18-16-5-4-14-12-15(23)8-10-20(14,2)19(16)9-11-21(17,18)3/h14,16-19H,4-12H2,1-3H3/t14-,16-,17+,18-,19-,20-,21+/m0/s1/i14D. The van der Waals surface area contributed by atoms with Crippen molar-refractivity contribution in [3.8, 4) is 0 Å². The van der Waals surface area contributed by atoms with Gasteiger partial charge in [0.15, 0.2) is 0 Å². The Morgan fingerprint density at radius 1 is 1.04 bits per heavy atom. The molecule has 0 aliphatic heterocycles. The Morgan fingerprint density at radius 2 is 1.78 bits per heavy atom. The fraction of sp³-hybridized carbons (Fsp3) is 0.905. The van der Waals surface area contributed by atoms with Gasteiger partial charge in [-0.2, -0.15) is 0 Å². The van der Waals surface area contributed by atoms with Gasteiger partial charge in [0.05, 0.1) is 0 Å². The summed E-state index contributed by atoms with van der Waals surface area (Å²) in [7, 11) is 0. The quantitative estimate of drug-likeness (QED) is 0.696. The highest BCUT2D eigenvalue weighted by Gasteiger charge is 2.60. The number of hydrogen-bond donors (Lipinski definition) is 0. The molecule has 0 unspecified atom stereocenters. The molecule has 4 rings (SSSR count). The van der Waals surface area contributed by atoms with Gasteiger partial charge in [-0.05, 0) is 86.3 Å². The molecule has 2 nitrogen and oxygen atoms in total. The summed E-state index contributed by atoms with van der Waals surface area (Å²) in [6.07, 6.45) is 8.62. The molecule has 2 heteroatoms. The molecule has 0 aromatic heterocycles. The summed E-state index contributed by atoms with van der Waals surface area (Å²) < 4.78 is 9.10. The lowest BCUT2D eigenvalue weighted by Gasteiger charge is -2.60. The van der Waals surface area contributed by atoms with Gasteiger partial charge >= 0.3 is 0 Å². The number of carbonyl (C=O) groups excluding carboxylic acids is 2. The van der Waals surface area contributed by atoms with Crippen LogP contribution in [0.25, 0.3) is 0 Å². The summed E-state index contributed by atoms with van der Waals surface area (Å²) in [5.41, 5.74) is 0.190. The lowest BCUT2D eigenvalue weighted by atomic mass is 9.44. The maximum Gasteiger partial charge on any atom is 0.133 e. The van der Waals surface area contributed by atoms with E-state index in [4.69, 9.17) is 1.37 Å². The fourth-order valence-electron chi connectivity index (χ4n) is 7.42. The lowest BCUT2D eigenvalue weighted by Crippen LogP contribution is -2.53. The zero-order valence-corrected chi connectivity index (χ0v) is 15.0. The van der Waals surface area contributed by atoms with Gasteiger partial charge < -0.3 is 0 Å². The number of Topliss-reactive ketones (excluding diaryl/α,β-unsaturated/α-hetero) is 2. The van der Waals surface area contributed by atoms with Crippen molar-refractivity contribution in [1.82, 2.24) is 0 Å². The van der Waals surface area contributed by atoms with Gasteiger partial charge in [0.1, 0.15) is 11.6 Å². The zero-order chi connectivity index (χ0) is 17.3. The molecule has 4 saturated carbocycles. The average Bonchev–Trinajstić information content (AvgIpc) is 2.86. The summed E-state index contributed by atoms with van der Waals surface area (Å²) in [6, 6.07) is 0. The largest absolute Gasteiger partial charge is 0.300 e. The second-order valence-electron chi connectivity index (χ2n) is 9.44. The van der Waals surface area contributed by atoms with Crippen LogP contribution in [0.5, 0.6) is 0 Å². The Hall–Kier alpha value is -0.660. The second-order valence-corrected chi connectivity index (χ2v) is 9.44. The highest BCUT2D eigenvalue weighted by atomic mass is 16.1. The molecule has 0 bridgehead atoms. The highest BCUT2D eigenvalue weighted by Crippen LogP contribution is 2.67. The molecule has 23 heavy (non-hydrogen) atoms. The molecule has 0 spiro atoms. The van der Waals surface area contributed by atoms with Crippen molar-refractivity contribution in [2.75, 3.05) is 0 Å².